The van der Waals surface area contributed by atoms with Gasteiger partial charge < -0.3 is 19.9 Å². The first-order chi connectivity index (χ1) is 12.6. The molecule has 2 fully saturated rings. The van der Waals surface area contributed by atoms with E-state index >= 15 is 0 Å². The Bertz CT molecular complexity index is 738. The molecule has 1 aliphatic carbocycles. The van der Waals surface area contributed by atoms with E-state index in [1.54, 1.807) is 6.20 Å². The molecule has 0 aromatic carbocycles. The Kier molecular flexibility index (Phi) is 5.50. The van der Waals surface area contributed by atoms with Crippen molar-refractivity contribution in [3.05, 3.63) is 48.3 Å². The topological polar surface area (TPSA) is 100 Å². The predicted octanol–water partition coefficient (Wildman–Crippen LogP) is 1.78. The molecule has 2 amide bonds. The molecular weight excluding hydrogens is 334 g/mol. The summed E-state index contributed by atoms with van der Waals surface area (Å²) >= 11 is 0. The summed E-state index contributed by atoms with van der Waals surface area (Å²) in [5.41, 5.74) is 1.07. The van der Waals surface area contributed by atoms with Crippen LogP contribution in [0.2, 0.25) is 0 Å². The first-order valence-corrected chi connectivity index (χ1v) is 8.65. The van der Waals surface area contributed by atoms with Gasteiger partial charge in [-0.05, 0) is 30.9 Å². The Labute approximate surface area is 151 Å². The summed E-state index contributed by atoms with van der Waals surface area (Å²) in [6, 6.07) is 5.98. The highest BCUT2D eigenvalue weighted by molar-refractivity contribution is 5.76. The van der Waals surface area contributed by atoms with Crippen molar-refractivity contribution in [2.75, 3.05) is 13.1 Å². The molecule has 1 aliphatic heterocycles. The number of nitrogens with one attached hydrogen (secondary N) is 1. The van der Waals surface area contributed by atoms with Crippen molar-refractivity contribution in [1.29, 1.82) is 0 Å². The van der Waals surface area contributed by atoms with E-state index in [2.05, 4.69) is 15.3 Å². The first-order valence-electron chi connectivity index (χ1n) is 8.65. The number of carbonyl (C=O) groups excluding carboxylic acids is 1. The highest BCUT2D eigenvalue weighted by Crippen LogP contribution is 2.40. The van der Waals surface area contributed by atoms with E-state index in [9.17, 15) is 4.79 Å². The van der Waals surface area contributed by atoms with Crippen LogP contribution in [0.1, 0.15) is 36.3 Å². The van der Waals surface area contributed by atoms with E-state index in [1.807, 2.05) is 47.1 Å². The molecule has 2 N–H and O–H groups in total. The SMILES string of the molecule is Cn1ccnc1C(NC(=O)N1CC(c2ccccn2)C1)C1CC1.O=CO. The van der Waals surface area contributed by atoms with Gasteiger partial charge in [-0.3, -0.25) is 9.78 Å². The average Bonchev–Trinajstić information content (AvgIpc) is 3.35. The van der Waals surface area contributed by atoms with E-state index in [1.165, 1.54) is 0 Å². The van der Waals surface area contributed by atoms with Crippen molar-refractivity contribution in [2.45, 2.75) is 24.8 Å². The molecule has 2 aromatic heterocycles. The van der Waals surface area contributed by atoms with Gasteiger partial charge >= 0.3 is 6.03 Å². The van der Waals surface area contributed by atoms with E-state index < -0.39 is 0 Å². The molecule has 3 heterocycles. The molecule has 1 saturated heterocycles. The van der Waals surface area contributed by atoms with Crippen molar-refractivity contribution in [2.24, 2.45) is 13.0 Å². The molecule has 8 heteroatoms. The fourth-order valence-corrected chi connectivity index (χ4v) is 3.17. The molecule has 8 nitrogen and oxygen atoms in total. The lowest BCUT2D eigenvalue weighted by atomic mass is 9.96. The van der Waals surface area contributed by atoms with Crippen molar-refractivity contribution in [1.82, 2.24) is 24.8 Å². The van der Waals surface area contributed by atoms with Crippen LogP contribution in [0.5, 0.6) is 0 Å². The molecule has 0 radical (unpaired) electrons. The number of carboxylic acid groups (broad SMARTS) is 1. The number of imidazole rings is 1. The second kappa shape index (κ2) is 7.99. The standard InChI is InChI=1S/C17H21N5O.CH2O2/c1-21-9-8-19-16(21)15(12-5-6-12)20-17(23)22-10-13(11-22)14-4-2-3-7-18-14;2-1-3/h2-4,7-9,12-13,15H,5-6,10-11H2,1H3,(H,20,23);1H,(H,2,3). The number of pyridine rings is 1. The molecule has 26 heavy (non-hydrogen) atoms. The maximum Gasteiger partial charge on any atom is 0.318 e. The number of hydrogen-bond acceptors (Lipinski definition) is 4. The zero-order valence-electron chi connectivity index (χ0n) is 14.7. The van der Waals surface area contributed by atoms with Gasteiger partial charge in [0.25, 0.3) is 6.47 Å². The van der Waals surface area contributed by atoms with Gasteiger partial charge in [-0.15, -0.1) is 0 Å². The van der Waals surface area contributed by atoms with Crippen LogP contribution < -0.4 is 5.32 Å². The zero-order valence-corrected chi connectivity index (χ0v) is 14.7. The fraction of sp³-hybridized carbons (Fsp3) is 0.444. The zero-order chi connectivity index (χ0) is 18.5. The number of rotatable bonds is 4. The molecule has 138 valence electrons. The van der Waals surface area contributed by atoms with Crippen LogP contribution in [0.3, 0.4) is 0 Å². The van der Waals surface area contributed by atoms with Gasteiger partial charge in [-0.2, -0.15) is 0 Å². The largest absolute Gasteiger partial charge is 0.483 e. The number of aromatic nitrogens is 3. The van der Waals surface area contributed by atoms with Gasteiger partial charge in [-0.1, -0.05) is 6.07 Å². The van der Waals surface area contributed by atoms with Crippen LogP contribution in [0, 0.1) is 5.92 Å². The summed E-state index contributed by atoms with van der Waals surface area (Å²) in [5, 5.41) is 10.1. The molecule has 2 aliphatic rings. The van der Waals surface area contributed by atoms with E-state index in [0.717, 1.165) is 37.4 Å². The Morgan fingerprint density at radius 1 is 1.31 bits per heavy atom. The quantitative estimate of drug-likeness (QED) is 0.813. The maximum absolute atomic E-state index is 12.5. The number of hydrogen-bond donors (Lipinski definition) is 2. The minimum Gasteiger partial charge on any atom is -0.483 e. The molecule has 0 spiro atoms. The van der Waals surface area contributed by atoms with E-state index in [-0.39, 0.29) is 18.5 Å². The number of nitrogens with zero attached hydrogens (tertiary/aromatic N) is 4. The number of carbonyl (C=O) groups is 2. The molecule has 2 aromatic rings. The lowest BCUT2D eigenvalue weighted by Crippen LogP contribution is -2.53. The lowest BCUT2D eigenvalue weighted by Gasteiger charge is -2.39. The molecule has 1 unspecified atom stereocenters. The summed E-state index contributed by atoms with van der Waals surface area (Å²) < 4.78 is 2.00. The number of likely N-dealkylation sites (tertiary alicyclic amines) is 1. The minimum absolute atomic E-state index is 0.0112. The van der Waals surface area contributed by atoms with Crippen LogP contribution >= 0.6 is 0 Å². The normalized spacial score (nSPS) is 17.5. The highest BCUT2D eigenvalue weighted by Gasteiger charge is 2.39. The second-order valence-corrected chi connectivity index (χ2v) is 6.62. The Morgan fingerprint density at radius 2 is 2.04 bits per heavy atom. The molecule has 1 atom stereocenters. The van der Waals surface area contributed by atoms with Crippen molar-refractivity contribution in [3.8, 4) is 0 Å². The highest BCUT2D eigenvalue weighted by atomic mass is 16.3. The lowest BCUT2D eigenvalue weighted by molar-refractivity contribution is -0.122. The van der Waals surface area contributed by atoms with Crippen molar-refractivity contribution >= 4 is 12.5 Å². The summed E-state index contributed by atoms with van der Waals surface area (Å²) in [5.74, 6) is 1.82. The summed E-state index contributed by atoms with van der Waals surface area (Å²) in [7, 11) is 1.98. The van der Waals surface area contributed by atoms with Crippen LogP contribution in [-0.4, -0.2) is 50.1 Å². The van der Waals surface area contributed by atoms with Crippen molar-refractivity contribution < 1.29 is 14.7 Å². The molecule has 4 rings (SSSR count). The summed E-state index contributed by atoms with van der Waals surface area (Å²) in [4.78, 5) is 31.5. The molecule has 1 saturated carbocycles. The number of urea groups is 1. The fourth-order valence-electron chi connectivity index (χ4n) is 3.17. The minimum atomic E-state index is -0.250. The third-order valence-corrected chi connectivity index (χ3v) is 4.78. The van der Waals surface area contributed by atoms with E-state index in [4.69, 9.17) is 9.90 Å². The number of aryl methyl sites for hydroxylation is 1. The van der Waals surface area contributed by atoms with Crippen LogP contribution in [-0.2, 0) is 11.8 Å². The third-order valence-electron chi connectivity index (χ3n) is 4.78. The monoisotopic (exact) mass is 357 g/mol. The summed E-state index contributed by atoms with van der Waals surface area (Å²) in [6.07, 6.45) is 7.85. The van der Waals surface area contributed by atoms with Crippen LogP contribution in [0.4, 0.5) is 4.79 Å². The Hall–Kier alpha value is -2.90. The Morgan fingerprint density at radius 3 is 2.58 bits per heavy atom. The van der Waals surface area contributed by atoms with E-state index in [0.29, 0.717) is 11.8 Å². The van der Waals surface area contributed by atoms with Gasteiger partial charge in [0.05, 0.1) is 6.04 Å². The van der Waals surface area contributed by atoms with Gasteiger partial charge in [0.1, 0.15) is 5.82 Å². The van der Waals surface area contributed by atoms with Gasteiger partial charge in [-0.25, -0.2) is 9.78 Å². The van der Waals surface area contributed by atoms with Gasteiger partial charge in [0.2, 0.25) is 0 Å². The summed E-state index contributed by atoms with van der Waals surface area (Å²) in [6.45, 7) is 1.22. The average molecular weight is 357 g/mol. The third kappa shape index (κ3) is 4.01. The van der Waals surface area contributed by atoms with Gasteiger partial charge in [0.15, 0.2) is 0 Å². The smallest absolute Gasteiger partial charge is 0.318 e. The second-order valence-electron chi connectivity index (χ2n) is 6.62. The van der Waals surface area contributed by atoms with Gasteiger partial charge in [0, 0.05) is 50.3 Å². The van der Waals surface area contributed by atoms with Crippen LogP contribution in [0.25, 0.3) is 0 Å². The van der Waals surface area contributed by atoms with Crippen molar-refractivity contribution in [3.63, 3.8) is 0 Å². The predicted molar refractivity (Wildman–Crippen MR) is 94.4 cm³/mol. The molecular formula is C18H23N5O3. The number of amides is 2. The first kappa shape index (κ1) is 17.9. The maximum atomic E-state index is 12.5. The molecule has 0 bridgehead atoms. The Balaban J connectivity index is 0.000000613. The van der Waals surface area contributed by atoms with Crippen LogP contribution in [0.15, 0.2) is 36.8 Å².